The van der Waals surface area contributed by atoms with E-state index < -0.39 is 0 Å². The zero-order valence-electron chi connectivity index (χ0n) is 7.79. The third-order valence-electron chi connectivity index (χ3n) is 2.17. The molecule has 0 aliphatic heterocycles. The number of aromatic nitrogens is 2. The molecule has 1 aromatic carbocycles. The van der Waals surface area contributed by atoms with Crippen molar-refractivity contribution in [3.05, 3.63) is 34.7 Å². The second-order valence-electron chi connectivity index (χ2n) is 3.11. The van der Waals surface area contributed by atoms with Crippen LogP contribution in [0.5, 0.6) is 0 Å². The van der Waals surface area contributed by atoms with Gasteiger partial charge in [-0.3, -0.25) is 0 Å². The average molecular weight is 208 g/mol. The third kappa shape index (κ3) is 1.45. The fraction of sp³-hybridized carbons (Fsp3) is 0.200. The molecule has 0 unspecified atom stereocenters. The van der Waals surface area contributed by atoms with Crippen LogP contribution in [0.15, 0.2) is 18.2 Å². The van der Waals surface area contributed by atoms with Crippen LogP contribution in [0, 0.1) is 6.92 Å². The predicted octanol–water partition coefficient (Wildman–Crippen LogP) is 2.05. The van der Waals surface area contributed by atoms with Crippen LogP contribution < -0.4 is 5.73 Å². The Labute approximate surface area is 86.9 Å². The Morgan fingerprint density at radius 1 is 1.36 bits per heavy atom. The van der Waals surface area contributed by atoms with E-state index in [0.29, 0.717) is 6.54 Å². The normalized spacial score (nSPS) is 10.8. The van der Waals surface area contributed by atoms with Crippen LogP contribution in [-0.4, -0.2) is 9.97 Å². The summed E-state index contributed by atoms with van der Waals surface area (Å²) in [6.45, 7) is 2.37. The monoisotopic (exact) mass is 207 g/mol. The molecule has 4 heteroatoms. The summed E-state index contributed by atoms with van der Waals surface area (Å²) in [5.74, 6) is 0. The Morgan fingerprint density at radius 3 is 2.86 bits per heavy atom. The van der Waals surface area contributed by atoms with Crippen LogP contribution >= 0.6 is 11.6 Å². The lowest BCUT2D eigenvalue weighted by molar-refractivity contribution is 0.989. The second-order valence-corrected chi connectivity index (χ2v) is 3.45. The average Bonchev–Trinajstić information content (AvgIpc) is 2.18. The topological polar surface area (TPSA) is 51.8 Å². The number of nitrogens with zero attached hydrogens (tertiary/aromatic N) is 2. The number of benzene rings is 1. The smallest absolute Gasteiger partial charge is 0.223 e. The van der Waals surface area contributed by atoms with Crippen molar-refractivity contribution in [2.24, 2.45) is 5.73 Å². The molecule has 2 aromatic rings. The molecule has 2 rings (SSSR count). The molecule has 1 aromatic heterocycles. The van der Waals surface area contributed by atoms with Gasteiger partial charge in [-0.05, 0) is 24.1 Å². The van der Waals surface area contributed by atoms with Crippen LogP contribution in [0.25, 0.3) is 10.9 Å². The molecule has 0 fully saturated rings. The first-order valence-electron chi connectivity index (χ1n) is 4.34. The molecule has 0 saturated heterocycles. The van der Waals surface area contributed by atoms with Gasteiger partial charge >= 0.3 is 0 Å². The van der Waals surface area contributed by atoms with Gasteiger partial charge < -0.3 is 5.73 Å². The molecule has 72 valence electrons. The second kappa shape index (κ2) is 3.52. The van der Waals surface area contributed by atoms with Crippen molar-refractivity contribution in [2.45, 2.75) is 13.5 Å². The Hall–Kier alpha value is -1.19. The highest BCUT2D eigenvalue weighted by Crippen LogP contribution is 2.20. The van der Waals surface area contributed by atoms with Crippen LogP contribution in [0.1, 0.15) is 11.3 Å². The van der Waals surface area contributed by atoms with Crippen molar-refractivity contribution >= 4 is 22.5 Å². The fourth-order valence-corrected chi connectivity index (χ4v) is 1.67. The summed E-state index contributed by atoms with van der Waals surface area (Å²) in [6.07, 6.45) is 0. The lowest BCUT2D eigenvalue weighted by Gasteiger charge is -2.05. The molecule has 3 nitrogen and oxygen atoms in total. The van der Waals surface area contributed by atoms with E-state index in [-0.39, 0.29) is 5.28 Å². The molecule has 0 atom stereocenters. The molecule has 0 amide bonds. The molecule has 0 spiro atoms. The number of fused-ring (bicyclic) bond motifs is 1. The first kappa shape index (κ1) is 9.37. The Morgan fingerprint density at radius 2 is 2.14 bits per heavy atom. The molecule has 1 heterocycles. The van der Waals surface area contributed by atoms with E-state index in [1.165, 1.54) is 0 Å². The quantitative estimate of drug-likeness (QED) is 0.729. The van der Waals surface area contributed by atoms with Crippen LogP contribution in [0.2, 0.25) is 5.28 Å². The molecule has 0 aliphatic carbocycles. The van der Waals surface area contributed by atoms with E-state index in [0.717, 1.165) is 22.2 Å². The summed E-state index contributed by atoms with van der Waals surface area (Å²) in [6, 6.07) is 5.92. The summed E-state index contributed by atoms with van der Waals surface area (Å²) in [5.41, 5.74) is 8.35. The highest BCUT2D eigenvalue weighted by atomic mass is 35.5. The van der Waals surface area contributed by atoms with Gasteiger partial charge in [0.05, 0.1) is 11.2 Å². The van der Waals surface area contributed by atoms with Crippen molar-refractivity contribution in [1.82, 2.24) is 9.97 Å². The lowest BCUT2D eigenvalue weighted by Crippen LogP contribution is -2.02. The van der Waals surface area contributed by atoms with Gasteiger partial charge in [0.25, 0.3) is 0 Å². The summed E-state index contributed by atoms with van der Waals surface area (Å²) >= 11 is 5.80. The lowest BCUT2D eigenvalue weighted by atomic mass is 10.1. The zero-order valence-corrected chi connectivity index (χ0v) is 8.54. The SMILES string of the molecule is Cc1cccc2c(CN)nc(Cl)nc12. The molecular weight excluding hydrogens is 198 g/mol. The maximum absolute atomic E-state index is 5.80. The van der Waals surface area contributed by atoms with Crippen LogP contribution in [0.3, 0.4) is 0 Å². The van der Waals surface area contributed by atoms with Crippen LogP contribution in [0.4, 0.5) is 0 Å². The fourth-order valence-electron chi connectivity index (χ4n) is 1.48. The highest BCUT2D eigenvalue weighted by molar-refractivity contribution is 6.28. The zero-order chi connectivity index (χ0) is 10.1. The van der Waals surface area contributed by atoms with Gasteiger partial charge in [0.15, 0.2) is 0 Å². The largest absolute Gasteiger partial charge is 0.325 e. The van der Waals surface area contributed by atoms with Crippen molar-refractivity contribution in [3.63, 3.8) is 0 Å². The summed E-state index contributed by atoms with van der Waals surface area (Å²) < 4.78 is 0. The molecule has 14 heavy (non-hydrogen) atoms. The molecule has 0 aliphatic rings. The van der Waals surface area contributed by atoms with Crippen LogP contribution in [-0.2, 0) is 6.54 Å². The van der Waals surface area contributed by atoms with Gasteiger partial charge in [-0.1, -0.05) is 18.2 Å². The first-order valence-corrected chi connectivity index (χ1v) is 4.72. The number of hydrogen-bond acceptors (Lipinski definition) is 3. The highest BCUT2D eigenvalue weighted by Gasteiger charge is 2.06. The standard InChI is InChI=1S/C10H10ClN3/c1-6-3-2-4-7-8(5-12)13-10(11)14-9(6)7/h2-4H,5,12H2,1H3. The number of aryl methyl sites for hydroxylation is 1. The van der Waals surface area contributed by atoms with E-state index in [1.54, 1.807) is 0 Å². The number of para-hydroxylation sites is 1. The van der Waals surface area contributed by atoms with Gasteiger partial charge in [-0.25, -0.2) is 9.97 Å². The molecule has 0 bridgehead atoms. The molecule has 2 N–H and O–H groups in total. The van der Waals surface area contributed by atoms with Gasteiger partial charge in [-0.2, -0.15) is 0 Å². The van der Waals surface area contributed by atoms with E-state index in [9.17, 15) is 0 Å². The van der Waals surface area contributed by atoms with E-state index in [2.05, 4.69) is 9.97 Å². The summed E-state index contributed by atoms with van der Waals surface area (Å²) in [4.78, 5) is 8.27. The Kier molecular flexibility index (Phi) is 2.35. The van der Waals surface area contributed by atoms with E-state index in [4.69, 9.17) is 17.3 Å². The van der Waals surface area contributed by atoms with Gasteiger partial charge in [0, 0.05) is 11.9 Å². The van der Waals surface area contributed by atoms with Crippen molar-refractivity contribution in [2.75, 3.05) is 0 Å². The molecular formula is C10H10ClN3. The molecule has 0 saturated carbocycles. The maximum Gasteiger partial charge on any atom is 0.223 e. The number of hydrogen-bond donors (Lipinski definition) is 1. The predicted molar refractivity (Wildman–Crippen MR) is 57.2 cm³/mol. The Bertz CT molecular complexity index is 482. The maximum atomic E-state index is 5.80. The van der Waals surface area contributed by atoms with Crippen molar-refractivity contribution in [1.29, 1.82) is 0 Å². The summed E-state index contributed by atoms with van der Waals surface area (Å²) in [5, 5.41) is 1.24. The van der Waals surface area contributed by atoms with Crippen molar-refractivity contribution in [3.8, 4) is 0 Å². The minimum Gasteiger partial charge on any atom is -0.325 e. The number of halogens is 1. The minimum absolute atomic E-state index is 0.257. The third-order valence-corrected chi connectivity index (χ3v) is 2.34. The van der Waals surface area contributed by atoms with E-state index >= 15 is 0 Å². The minimum atomic E-state index is 0.257. The van der Waals surface area contributed by atoms with E-state index in [1.807, 2.05) is 25.1 Å². The van der Waals surface area contributed by atoms with Crippen molar-refractivity contribution < 1.29 is 0 Å². The number of rotatable bonds is 1. The molecule has 0 radical (unpaired) electrons. The van der Waals surface area contributed by atoms with Gasteiger partial charge in [0.2, 0.25) is 5.28 Å². The first-order chi connectivity index (χ1) is 6.72. The van der Waals surface area contributed by atoms with Gasteiger partial charge in [0.1, 0.15) is 0 Å². The Balaban J connectivity index is 2.87. The number of nitrogens with two attached hydrogens (primary N) is 1. The summed E-state index contributed by atoms with van der Waals surface area (Å²) in [7, 11) is 0. The van der Waals surface area contributed by atoms with Gasteiger partial charge in [-0.15, -0.1) is 0 Å².